The minimum absolute atomic E-state index is 0.0630. The summed E-state index contributed by atoms with van der Waals surface area (Å²) in [6, 6.07) is 18.1. The molecule has 0 amide bonds. The third-order valence-electron chi connectivity index (χ3n) is 4.08. The van der Waals surface area contributed by atoms with Gasteiger partial charge in [-0.2, -0.15) is 5.10 Å². The molecule has 0 bridgehead atoms. The lowest BCUT2D eigenvalue weighted by molar-refractivity contribution is 0.686. The van der Waals surface area contributed by atoms with E-state index in [1.807, 2.05) is 47.5 Å². The third kappa shape index (κ3) is 3.43. The van der Waals surface area contributed by atoms with Crippen LogP contribution in [0.1, 0.15) is 23.6 Å². The minimum Gasteiger partial charge on any atom is -0.223 e. The molecule has 0 saturated carbocycles. The summed E-state index contributed by atoms with van der Waals surface area (Å²) in [7, 11) is 0. The highest BCUT2D eigenvalue weighted by Crippen LogP contribution is 2.35. The van der Waals surface area contributed by atoms with Crippen molar-refractivity contribution in [3.05, 3.63) is 87.6 Å². The van der Waals surface area contributed by atoms with E-state index in [0.29, 0.717) is 5.95 Å². The summed E-state index contributed by atoms with van der Waals surface area (Å²) in [6.07, 6.45) is 4.26. The number of benzene rings is 2. The Bertz CT molecular complexity index is 895. The molecule has 0 spiro atoms. The van der Waals surface area contributed by atoms with Crippen molar-refractivity contribution in [1.29, 1.82) is 0 Å². The van der Waals surface area contributed by atoms with Crippen LogP contribution in [-0.4, -0.2) is 15.7 Å². The van der Waals surface area contributed by atoms with Gasteiger partial charge in [0.05, 0.1) is 16.2 Å². The van der Waals surface area contributed by atoms with Crippen molar-refractivity contribution in [2.75, 3.05) is 5.01 Å². The van der Waals surface area contributed by atoms with E-state index >= 15 is 0 Å². The largest absolute Gasteiger partial charge is 0.246 e. The number of rotatable bonds is 3. The van der Waals surface area contributed by atoms with Gasteiger partial charge >= 0.3 is 0 Å². The van der Waals surface area contributed by atoms with Crippen LogP contribution >= 0.6 is 27.5 Å². The second-order valence-corrected chi connectivity index (χ2v) is 7.08. The summed E-state index contributed by atoms with van der Waals surface area (Å²) in [6.45, 7) is 0. The molecule has 1 unspecified atom stereocenters. The summed E-state index contributed by atoms with van der Waals surface area (Å²) in [5.74, 6) is 0.584. The number of aromatic nitrogens is 2. The predicted octanol–water partition coefficient (Wildman–Crippen LogP) is 5.25. The van der Waals surface area contributed by atoms with Crippen molar-refractivity contribution >= 4 is 39.2 Å². The lowest BCUT2D eigenvalue weighted by Crippen LogP contribution is -2.20. The van der Waals surface area contributed by atoms with Crippen molar-refractivity contribution in [2.24, 2.45) is 5.10 Å². The first-order valence-electron chi connectivity index (χ1n) is 7.86. The summed E-state index contributed by atoms with van der Waals surface area (Å²) >= 11 is 9.39. The maximum atomic E-state index is 6.01. The fourth-order valence-corrected chi connectivity index (χ4v) is 3.20. The van der Waals surface area contributed by atoms with Crippen LogP contribution in [-0.2, 0) is 0 Å². The Morgan fingerprint density at radius 1 is 0.960 bits per heavy atom. The Hall–Kier alpha value is -2.24. The quantitative estimate of drug-likeness (QED) is 0.589. The van der Waals surface area contributed by atoms with Gasteiger partial charge in [-0.25, -0.2) is 15.0 Å². The van der Waals surface area contributed by atoms with Gasteiger partial charge in [-0.05, 0) is 39.2 Å². The Balaban J connectivity index is 1.74. The van der Waals surface area contributed by atoms with E-state index < -0.39 is 0 Å². The van der Waals surface area contributed by atoms with Crippen LogP contribution < -0.4 is 5.01 Å². The van der Waals surface area contributed by atoms with E-state index in [1.165, 1.54) is 5.56 Å². The molecule has 2 aromatic carbocycles. The highest BCUT2D eigenvalue weighted by molar-refractivity contribution is 9.10. The van der Waals surface area contributed by atoms with E-state index in [1.54, 1.807) is 12.4 Å². The second kappa shape index (κ2) is 6.94. The first-order valence-corrected chi connectivity index (χ1v) is 9.03. The molecule has 2 heterocycles. The highest BCUT2D eigenvalue weighted by Gasteiger charge is 2.31. The molecule has 1 atom stereocenters. The van der Waals surface area contributed by atoms with E-state index in [-0.39, 0.29) is 6.04 Å². The molecular weight excluding hydrogens is 400 g/mol. The maximum absolute atomic E-state index is 6.01. The van der Waals surface area contributed by atoms with Crippen LogP contribution in [0.5, 0.6) is 0 Å². The van der Waals surface area contributed by atoms with Crippen LogP contribution in [0.2, 0.25) is 5.02 Å². The molecule has 0 N–H and O–H groups in total. The molecular formula is C19H14BrClN4. The number of hydrogen-bond acceptors (Lipinski definition) is 4. The number of halogens is 2. The Morgan fingerprint density at radius 3 is 2.32 bits per heavy atom. The van der Waals surface area contributed by atoms with Crippen LogP contribution in [0.3, 0.4) is 0 Å². The van der Waals surface area contributed by atoms with Gasteiger partial charge in [0.15, 0.2) is 0 Å². The first-order chi connectivity index (χ1) is 12.2. The molecule has 0 saturated heterocycles. The molecule has 4 rings (SSSR count). The molecule has 124 valence electrons. The Kier molecular flexibility index (Phi) is 4.51. The van der Waals surface area contributed by atoms with Crippen molar-refractivity contribution in [3.63, 3.8) is 0 Å². The third-order valence-corrected chi connectivity index (χ3v) is 4.75. The highest BCUT2D eigenvalue weighted by atomic mass is 79.9. The smallest absolute Gasteiger partial charge is 0.223 e. The number of hydrogen-bond donors (Lipinski definition) is 0. The van der Waals surface area contributed by atoms with E-state index in [0.717, 1.165) is 27.2 Å². The molecule has 0 fully saturated rings. The Morgan fingerprint density at radius 2 is 1.64 bits per heavy atom. The lowest BCUT2D eigenvalue weighted by atomic mass is 9.99. The number of anilines is 1. The van der Waals surface area contributed by atoms with Crippen molar-refractivity contribution in [3.8, 4) is 0 Å². The molecule has 4 nitrogen and oxygen atoms in total. The topological polar surface area (TPSA) is 41.4 Å². The van der Waals surface area contributed by atoms with Gasteiger partial charge in [0.2, 0.25) is 5.95 Å². The molecule has 1 aliphatic heterocycles. The van der Waals surface area contributed by atoms with Gasteiger partial charge in [-0.15, -0.1) is 0 Å². The zero-order chi connectivity index (χ0) is 17.2. The van der Waals surface area contributed by atoms with Gasteiger partial charge in [0.25, 0.3) is 0 Å². The van der Waals surface area contributed by atoms with Gasteiger partial charge in [0.1, 0.15) is 0 Å². The van der Waals surface area contributed by atoms with Gasteiger partial charge < -0.3 is 0 Å². The maximum Gasteiger partial charge on any atom is 0.246 e. The summed E-state index contributed by atoms with van der Waals surface area (Å²) in [5.41, 5.74) is 3.24. The normalized spacial score (nSPS) is 16.8. The lowest BCUT2D eigenvalue weighted by Gasteiger charge is -2.21. The zero-order valence-corrected chi connectivity index (χ0v) is 15.5. The monoisotopic (exact) mass is 412 g/mol. The van der Waals surface area contributed by atoms with Gasteiger partial charge in [-0.1, -0.05) is 54.1 Å². The van der Waals surface area contributed by atoms with Gasteiger partial charge in [-0.3, -0.25) is 0 Å². The molecule has 1 aliphatic rings. The van der Waals surface area contributed by atoms with Crippen LogP contribution in [0.25, 0.3) is 0 Å². The van der Waals surface area contributed by atoms with Crippen LogP contribution in [0.15, 0.2) is 76.6 Å². The Labute approximate surface area is 159 Å². The SMILES string of the molecule is Clc1ccc(C2=NN(c3ncc(Br)cn3)C(c3ccccc3)C2)cc1. The van der Waals surface area contributed by atoms with E-state index in [4.69, 9.17) is 16.7 Å². The molecule has 0 radical (unpaired) electrons. The minimum atomic E-state index is 0.0630. The zero-order valence-electron chi connectivity index (χ0n) is 13.2. The van der Waals surface area contributed by atoms with Crippen molar-refractivity contribution in [1.82, 2.24) is 9.97 Å². The summed E-state index contributed by atoms with van der Waals surface area (Å²) < 4.78 is 0.841. The molecule has 0 aliphatic carbocycles. The van der Waals surface area contributed by atoms with E-state index in [9.17, 15) is 0 Å². The fraction of sp³-hybridized carbons (Fsp3) is 0.105. The van der Waals surface area contributed by atoms with Crippen LogP contribution in [0.4, 0.5) is 5.95 Å². The average Bonchev–Trinajstić information content (AvgIpc) is 3.09. The standard InChI is InChI=1S/C19H14BrClN4/c20-15-11-22-19(23-12-15)25-18(14-4-2-1-3-5-14)10-17(24-25)13-6-8-16(21)9-7-13/h1-9,11-12,18H,10H2. The first kappa shape index (κ1) is 16.2. The van der Waals surface area contributed by atoms with Crippen LogP contribution in [0, 0.1) is 0 Å². The van der Waals surface area contributed by atoms with Gasteiger partial charge in [0, 0.05) is 23.8 Å². The average molecular weight is 414 g/mol. The van der Waals surface area contributed by atoms with E-state index in [2.05, 4.69) is 38.0 Å². The molecule has 6 heteroatoms. The summed E-state index contributed by atoms with van der Waals surface area (Å²) in [5, 5.41) is 7.42. The predicted molar refractivity (Wildman–Crippen MR) is 104 cm³/mol. The molecule has 25 heavy (non-hydrogen) atoms. The number of nitrogens with zero attached hydrogens (tertiary/aromatic N) is 4. The van der Waals surface area contributed by atoms with Crippen molar-refractivity contribution in [2.45, 2.75) is 12.5 Å². The number of hydrazone groups is 1. The summed E-state index contributed by atoms with van der Waals surface area (Å²) in [4.78, 5) is 8.84. The fourth-order valence-electron chi connectivity index (χ4n) is 2.87. The second-order valence-electron chi connectivity index (χ2n) is 5.73. The molecule has 3 aromatic rings. The molecule has 1 aromatic heterocycles. The van der Waals surface area contributed by atoms with Crippen molar-refractivity contribution < 1.29 is 0 Å².